The molecule has 0 fully saturated rings. The van der Waals surface area contributed by atoms with Crippen molar-refractivity contribution in [3.05, 3.63) is 54.6 Å². The van der Waals surface area contributed by atoms with Gasteiger partial charge in [0, 0.05) is 24.5 Å². The number of para-hydroxylation sites is 1. The maximum absolute atomic E-state index is 12.2. The minimum atomic E-state index is -0.556. The Labute approximate surface area is 138 Å². The molecule has 0 radical (unpaired) electrons. The third-order valence-electron chi connectivity index (χ3n) is 3.69. The van der Waals surface area contributed by atoms with Crippen LogP contribution in [-0.2, 0) is 4.79 Å². The Balaban J connectivity index is 1.94. The molecular weight excluding hydrogens is 288 g/mol. The van der Waals surface area contributed by atoms with Crippen molar-refractivity contribution in [2.45, 2.75) is 26.9 Å². The van der Waals surface area contributed by atoms with Crippen molar-refractivity contribution in [1.82, 2.24) is 0 Å². The smallest absolute Gasteiger partial charge is 0.265 e. The molecule has 0 heterocycles. The molecule has 1 atom stereocenters. The van der Waals surface area contributed by atoms with E-state index in [-0.39, 0.29) is 5.91 Å². The number of amides is 1. The summed E-state index contributed by atoms with van der Waals surface area (Å²) in [4.78, 5) is 14.5. The topological polar surface area (TPSA) is 41.6 Å². The van der Waals surface area contributed by atoms with Crippen molar-refractivity contribution in [3.8, 4) is 5.75 Å². The highest BCUT2D eigenvalue weighted by Gasteiger charge is 2.14. The second kappa shape index (κ2) is 8.22. The highest BCUT2D eigenvalue weighted by Crippen LogP contribution is 2.18. The Morgan fingerprint density at radius 3 is 2.22 bits per heavy atom. The van der Waals surface area contributed by atoms with Gasteiger partial charge in [-0.15, -0.1) is 0 Å². The van der Waals surface area contributed by atoms with Crippen LogP contribution in [-0.4, -0.2) is 25.1 Å². The van der Waals surface area contributed by atoms with Crippen molar-refractivity contribution in [2.24, 2.45) is 0 Å². The Kier molecular flexibility index (Phi) is 6.03. The monoisotopic (exact) mass is 312 g/mol. The third kappa shape index (κ3) is 4.74. The molecule has 2 rings (SSSR count). The summed E-state index contributed by atoms with van der Waals surface area (Å²) < 4.78 is 5.62. The number of carbonyl (C=O) groups is 1. The standard InChI is InChI=1S/C19H24N2O2/c1-4-21(5-2)17-13-11-16(12-14-17)20-19(22)15(3)23-18-9-7-6-8-10-18/h6-15H,4-5H2,1-3H3,(H,20,22). The van der Waals surface area contributed by atoms with Crippen LogP contribution in [0.15, 0.2) is 54.6 Å². The second-order valence-electron chi connectivity index (χ2n) is 5.28. The SMILES string of the molecule is CCN(CC)c1ccc(NC(=O)C(C)Oc2ccccc2)cc1. The fourth-order valence-corrected chi connectivity index (χ4v) is 2.34. The van der Waals surface area contributed by atoms with E-state index in [9.17, 15) is 4.79 Å². The number of anilines is 2. The molecule has 4 nitrogen and oxygen atoms in total. The number of nitrogens with one attached hydrogen (secondary N) is 1. The van der Waals surface area contributed by atoms with E-state index < -0.39 is 6.10 Å². The van der Waals surface area contributed by atoms with Gasteiger partial charge in [0.05, 0.1) is 0 Å². The molecule has 1 unspecified atom stereocenters. The number of carbonyl (C=O) groups excluding carboxylic acids is 1. The minimum absolute atomic E-state index is 0.163. The van der Waals surface area contributed by atoms with E-state index in [4.69, 9.17) is 4.74 Å². The second-order valence-corrected chi connectivity index (χ2v) is 5.28. The summed E-state index contributed by atoms with van der Waals surface area (Å²) in [5, 5.41) is 2.88. The van der Waals surface area contributed by atoms with Crippen molar-refractivity contribution in [2.75, 3.05) is 23.3 Å². The van der Waals surface area contributed by atoms with Crippen molar-refractivity contribution < 1.29 is 9.53 Å². The highest BCUT2D eigenvalue weighted by molar-refractivity contribution is 5.94. The van der Waals surface area contributed by atoms with Crippen LogP contribution in [0.4, 0.5) is 11.4 Å². The lowest BCUT2D eigenvalue weighted by molar-refractivity contribution is -0.122. The maximum Gasteiger partial charge on any atom is 0.265 e. The van der Waals surface area contributed by atoms with Gasteiger partial charge in [0.25, 0.3) is 5.91 Å². The maximum atomic E-state index is 12.2. The molecule has 122 valence electrons. The first-order valence-corrected chi connectivity index (χ1v) is 8.01. The van der Waals surface area contributed by atoms with E-state index in [2.05, 4.69) is 24.1 Å². The van der Waals surface area contributed by atoms with E-state index in [1.807, 2.05) is 54.6 Å². The average molecular weight is 312 g/mol. The molecule has 4 heteroatoms. The Morgan fingerprint density at radius 2 is 1.65 bits per heavy atom. The molecule has 0 bridgehead atoms. The summed E-state index contributed by atoms with van der Waals surface area (Å²) in [6, 6.07) is 17.2. The summed E-state index contributed by atoms with van der Waals surface area (Å²) in [6.07, 6.45) is -0.556. The average Bonchev–Trinajstić information content (AvgIpc) is 2.58. The Bertz CT molecular complexity index is 607. The van der Waals surface area contributed by atoms with Gasteiger partial charge in [-0.1, -0.05) is 18.2 Å². The van der Waals surface area contributed by atoms with Gasteiger partial charge >= 0.3 is 0 Å². The van der Waals surface area contributed by atoms with Crippen molar-refractivity contribution in [3.63, 3.8) is 0 Å². The molecule has 0 saturated carbocycles. The summed E-state index contributed by atoms with van der Waals surface area (Å²) in [5.74, 6) is 0.525. The molecule has 0 aromatic heterocycles. The lowest BCUT2D eigenvalue weighted by Crippen LogP contribution is -2.30. The summed E-state index contributed by atoms with van der Waals surface area (Å²) in [5.41, 5.74) is 1.93. The quantitative estimate of drug-likeness (QED) is 0.842. The highest BCUT2D eigenvalue weighted by atomic mass is 16.5. The fraction of sp³-hybridized carbons (Fsp3) is 0.316. The first kappa shape index (κ1) is 16.9. The molecule has 2 aromatic rings. The fourth-order valence-electron chi connectivity index (χ4n) is 2.34. The van der Waals surface area contributed by atoms with E-state index in [0.717, 1.165) is 24.5 Å². The molecule has 0 aliphatic heterocycles. The van der Waals surface area contributed by atoms with Gasteiger partial charge < -0.3 is 15.0 Å². The molecule has 1 amide bonds. The van der Waals surface area contributed by atoms with Gasteiger partial charge in [-0.25, -0.2) is 0 Å². The van der Waals surface area contributed by atoms with Gasteiger partial charge in [0.15, 0.2) is 6.10 Å². The van der Waals surface area contributed by atoms with Gasteiger partial charge in [0.2, 0.25) is 0 Å². The van der Waals surface area contributed by atoms with Crippen LogP contribution in [0.3, 0.4) is 0 Å². The number of ether oxygens (including phenoxy) is 1. The lowest BCUT2D eigenvalue weighted by atomic mass is 10.2. The summed E-state index contributed by atoms with van der Waals surface area (Å²) in [7, 11) is 0. The summed E-state index contributed by atoms with van der Waals surface area (Å²) >= 11 is 0. The van der Waals surface area contributed by atoms with Crippen LogP contribution in [0.1, 0.15) is 20.8 Å². The first-order chi connectivity index (χ1) is 11.1. The number of nitrogens with zero attached hydrogens (tertiary/aromatic N) is 1. The van der Waals surface area contributed by atoms with Gasteiger partial charge in [-0.05, 0) is 57.2 Å². The van der Waals surface area contributed by atoms with Crippen LogP contribution < -0.4 is 15.0 Å². The van der Waals surface area contributed by atoms with Crippen molar-refractivity contribution >= 4 is 17.3 Å². The van der Waals surface area contributed by atoms with Gasteiger partial charge in [-0.3, -0.25) is 4.79 Å². The lowest BCUT2D eigenvalue weighted by Gasteiger charge is -2.21. The number of benzene rings is 2. The molecule has 0 aliphatic rings. The van der Waals surface area contributed by atoms with Gasteiger partial charge in [0.1, 0.15) is 5.75 Å². The number of hydrogen-bond donors (Lipinski definition) is 1. The van der Waals surface area contributed by atoms with E-state index >= 15 is 0 Å². The van der Waals surface area contributed by atoms with Crippen LogP contribution >= 0.6 is 0 Å². The predicted octanol–water partition coefficient (Wildman–Crippen LogP) is 3.94. The third-order valence-corrected chi connectivity index (χ3v) is 3.69. The van der Waals surface area contributed by atoms with Crippen LogP contribution in [0.2, 0.25) is 0 Å². The molecule has 0 spiro atoms. The molecule has 23 heavy (non-hydrogen) atoms. The van der Waals surface area contributed by atoms with Crippen LogP contribution in [0.5, 0.6) is 5.75 Å². The molecule has 0 saturated heterocycles. The normalized spacial score (nSPS) is 11.6. The Morgan fingerprint density at radius 1 is 1.04 bits per heavy atom. The van der Waals surface area contributed by atoms with E-state index in [1.165, 1.54) is 0 Å². The number of rotatable bonds is 7. The van der Waals surface area contributed by atoms with E-state index in [1.54, 1.807) is 6.92 Å². The minimum Gasteiger partial charge on any atom is -0.481 e. The zero-order valence-corrected chi connectivity index (χ0v) is 14.0. The zero-order valence-electron chi connectivity index (χ0n) is 14.0. The largest absolute Gasteiger partial charge is 0.481 e. The zero-order chi connectivity index (χ0) is 16.7. The molecule has 1 N–H and O–H groups in total. The van der Waals surface area contributed by atoms with E-state index in [0.29, 0.717) is 5.75 Å². The molecule has 2 aromatic carbocycles. The van der Waals surface area contributed by atoms with Crippen LogP contribution in [0, 0.1) is 0 Å². The van der Waals surface area contributed by atoms with Crippen molar-refractivity contribution in [1.29, 1.82) is 0 Å². The van der Waals surface area contributed by atoms with Crippen LogP contribution in [0.25, 0.3) is 0 Å². The summed E-state index contributed by atoms with van der Waals surface area (Å²) in [6.45, 7) is 7.92. The molecular formula is C19H24N2O2. The molecule has 0 aliphatic carbocycles. The predicted molar refractivity (Wildman–Crippen MR) is 95.2 cm³/mol. The first-order valence-electron chi connectivity index (χ1n) is 8.01. The Hall–Kier alpha value is -2.49. The number of hydrogen-bond acceptors (Lipinski definition) is 3. The van der Waals surface area contributed by atoms with Gasteiger partial charge in [-0.2, -0.15) is 0 Å².